The lowest BCUT2D eigenvalue weighted by atomic mass is 9.87. The van der Waals surface area contributed by atoms with E-state index < -0.39 is 0 Å². The standard InChI is InChI=1S/C30H32BrN3O2/c1-30(2,3)24-15-16-28(26(31)18-24)36-17-9-14-29(35)33-32-19-23-21-34(20-22-10-5-4-6-11-22)27-13-8-7-12-25(23)27/h4-8,10-13,15-16,18-19,21H,9,14,17,20H2,1-3H3,(H,33,35)/b32-19+. The van der Waals surface area contributed by atoms with E-state index in [2.05, 4.69) is 94.4 Å². The van der Waals surface area contributed by atoms with Gasteiger partial charge in [0.25, 0.3) is 0 Å². The maximum atomic E-state index is 12.3. The predicted molar refractivity (Wildman–Crippen MR) is 151 cm³/mol. The molecule has 186 valence electrons. The Morgan fingerprint density at radius 2 is 1.81 bits per heavy atom. The summed E-state index contributed by atoms with van der Waals surface area (Å²) < 4.78 is 8.99. The van der Waals surface area contributed by atoms with E-state index in [1.54, 1.807) is 6.21 Å². The van der Waals surface area contributed by atoms with Crippen molar-refractivity contribution in [2.75, 3.05) is 6.61 Å². The van der Waals surface area contributed by atoms with Gasteiger partial charge in [-0.1, -0.05) is 75.4 Å². The van der Waals surface area contributed by atoms with Crippen LogP contribution in [0.15, 0.2) is 88.6 Å². The van der Waals surface area contributed by atoms with Gasteiger partial charge in [-0.25, -0.2) is 5.43 Å². The Morgan fingerprint density at radius 1 is 1.06 bits per heavy atom. The minimum absolute atomic E-state index is 0.0798. The van der Waals surface area contributed by atoms with Gasteiger partial charge in [0.15, 0.2) is 0 Å². The molecule has 6 heteroatoms. The molecule has 36 heavy (non-hydrogen) atoms. The van der Waals surface area contributed by atoms with Crippen LogP contribution in [0.3, 0.4) is 0 Å². The minimum atomic E-state index is -0.134. The molecule has 0 aliphatic carbocycles. The van der Waals surface area contributed by atoms with E-state index in [0.717, 1.165) is 33.2 Å². The van der Waals surface area contributed by atoms with Crippen LogP contribution in [0.1, 0.15) is 50.3 Å². The summed E-state index contributed by atoms with van der Waals surface area (Å²) in [4.78, 5) is 12.3. The van der Waals surface area contributed by atoms with Crippen molar-refractivity contribution in [1.82, 2.24) is 9.99 Å². The fraction of sp³-hybridized carbons (Fsp3) is 0.267. The number of para-hydroxylation sites is 1. The van der Waals surface area contributed by atoms with Crippen LogP contribution in [-0.4, -0.2) is 23.3 Å². The molecule has 5 nitrogen and oxygen atoms in total. The van der Waals surface area contributed by atoms with Gasteiger partial charge < -0.3 is 9.30 Å². The molecule has 0 aliphatic rings. The first-order valence-corrected chi connectivity index (χ1v) is 13.0. The van der Waals surface area contributed by atoms with Gasteiger partial charge in [-0.15, -0.1) is 0 Å². The summed E-state index contributed by atoms with van der Waals surface area (Å²) >= 11 is 3.59. The number of amides is 1. The molecule has 0 saturated heterocycles. The van der Waals surface area contributed by atoms with Crippen LogP contribution in [0, 0.1) is 0 Å². The number of nitrogens with zero attached hydrogens (tertiary/aromatic N) is 2. The molecule has 0 unspecified atom stereocenters. The topological polar surface area (TPSA) is 55.6 Å². The average molecular weight is 547 g/mol. The molecule has 0 spiro atoms. The maximum Gasteiger partial charge on any atom is 0.240 e. The molecule has 3 aromatic carbocycles. The molecule has 1 N–H and O–H groups in total. The van der Waals surface area contributed by atoms with Crippen LogP contribution in [-0.2, 0) is 16.8 Å². The second kappa shape index (κ2) is 11.6. The van der Waals surface area contributed by atoms with Gasteiger partial charge in [-0.05, 0) is 57.1 Å². The van der Waals surface area contributed by atoms with Crippen molar-refractivity contribution in [3.05, 3.63) is 100 Å². The number of ether oxygens (including phenoxy) is 1. The quantitative estimate of drug-likeness (QED) is 0.139. The van der Waals surface area contributed by atoms with Crippen molar-refractivity contribution in [1.29, 1.82) is 0 Å². The highest BCUT2D eigenvalue weighted by Crippen LogP contribution is 2.31. The lowest BCUT2D eigenvalue weighted by molar-refractivity contribution is -0.121. The zero-order valence-corrected chi connectivity index (χ0v) is 22.6. The number of benzene rings is 3. The number of hydrogen-bond donors (Lipinski definition) is 1. The Bertz CT molecular complexity index is 1350. The van der Waals surface area contributed by atoms with Gasteiger partial charge in [0.2, 0.25) is 5.91 Å². The maximum absolute atomic E-state index is 12.3. The summed E-state index contributed by atoms with van der Waals surface area (Å²) in [7, 11) is 0. The zero-order valence-electron chi connectivity index (χ0n) is 21.0. The smallest absolute Gasteiger partial charge is 0.240 e. The number of halogens is 1. The number of hydrogen-bond acceptors (Lipinski definition) is 3. The molecule has 1 aromatic heterocycles. The third kappa shape index (κ3) is 6.64. The summed E-state index contributed by atoms with van der Waals surface area (Å²) in [5, 5.41) is 5.31. The molecule has 0 aliphatic heterocycles. The average Bonchev–Trinajstić information content (AvgIpc) is 3.20. The number of carbonyl (C=O) groups is 1. The van der Waals surface area contributed by atoms with Gasteiger partial charge in [0.05, 0.1) is 17.3 Å². The Labute approximate surface area is 221 Å². The highest BCUT2D eigenvalue weighted by atomic mass is 79.9. The van der Waals surface area contributed by atoms with E-state index in [9.17, 15) is 4.79 Å². The molecule has 0 radical (unpaired) electrons. The van der Waals surface area contributed by atoms with E-state index in [1.165, 1.54) is 11.1 Å². The van der Waals surface area contributed by atoms with E-state index in [-0.39, 0.29) is 11.3 Å². The van der Waals surface area contributed by atoms with Gasteiger partial charge in [-0.2, -0.15) is 5.10 Å². The third-order valence-electron chi connectivity index (χ3n) is 6.01. The summed E-state index contributed by atoms with van der Waals surface area (Å²) in [5.41, 5.74) is 7.29. The molecule has 0 saturated carbocycles. The molecule has 0 fully saturated rings. The first-order chi connectivity index (χ1) is 17.3. The van der Waals surface area contributed by atoms with E-state index in [0.29, 0.717) is 19.4 Å². The fourth-order valence-corrected chi connectivity index (χ4v) is 4.51. The van der Waals surface area contributed by atoms with Gasteiger partial charge in [0, 0.05) is 35.6 Å². The largest absolute Gasteiger partial charge is 0.492 e. The normalized spacial score (nSPS) is 11.8. The summed E-state index contributed by atoms with van der Waals surface area (Å²) in [5.74, 6) is 0.651. The molecule has 0 bridgehead atoms. The molecule has 4 rings (SSSR count). The second-order valence-corrected chi connectivity index (χ2v) is 10.7. The van der Waals surface area contributed by atoms with Crippen LogP contribution in [0.4, 0.5) is 0 Å². The molecule has 1 heterocycles. The molecule has 1 amide bonds. The first-order valence-electron chi connectivity index (χ1n) is 12.2. The van der Waals surface area contributed by atoms with Gasteiger partial charge >= 0.3 is 0 Å². The van der Waals surface area contributed by atoms with Crippen LogP contribution < -0.4 is 10.2 Å². The third-order valence-corrected chi connectivity index (χ3v) is 6.63. The zero-order chi connectivity index (χ0) is 25.5. The Hall–Kier alpha value is -3.38. The highest BCUT2D eigenvalue weighted by molar-refractivity contribution is 9.10. The lowest BCUT2D eigenvalue weighted by Crippen LogP contribution is -2.18. The van der Waals surface area contributed by atoms with Crippen molar-refractivity contribution in [2.24, 2.45) is 5.10 Å². The molecule has 4 aromatic rings. The monoisotopic (exact) mass is 545 g/mol. The van der Waals surface area contributed by atoms with Crippen molar-refractivity contribution >= 4 is 39.0 Å². The molecular weight excluding hydrogens is 514 g/mol. The van der Waals surface area contributed by atoms with Crippen LogP contribution in [0.25, 0.3) is 10.9 Å². The Balaban J connectivity index is 1.29. The Kier molecular flexibility index (Phi) is 8.26. The SMILES string of the molecule is CC(C)(C)c1ccc(OCCCC(=O)N/N=C/c2cn(Cc3ccccc3)c3ccccc23)c(Br)c1. The predicted octanol–water partition coefficient (Wildman–Crippen LogP) is 7.06. The molecule has 0 atom stereocenters. The number of carbonyl (C=O) groups excluding carboxylic acids is 1. The van der Waals surface area contributed by atoms with Crippen LogP contribution in [0.2, 0.25) is 0 Å². The second-order valence-electron chi connectivity index (χ2n) is 9.86. The fourth-order valence-electron chi connectivity index (χ4n) is 4.02. The molecular formula is C30H32BrN3O2. The number of fused-ring (bicyclic) bond motifs is 1. The van der Waals surface area contributed by atoms with E-state index >= 15 is 0 Å². The van der Waals surface area contributed by atoms with Gasteiger partial charge in [0.1, 0.15) is 5.75 Å². The summed E-state index contributed by atoms with van der Waals surface area (Å²) in [6, 6.07) is 24.7. The van der Waals surface area contributed by atoms with E-state index in [4.69, 9.17) is 4.74 Å². The van der Waals surface area contributed by atoms with Crippen LogP contribution >= 0.6 is 15.9 Å². The lowest BCUT2D eigenvalue weighted by Gasteiger charge is -2.20. The number of aromatic nitrogens is 1. The summed E-state index contributed by atoms with van der Waals surface area (Å²) in [6.45, 7) is 7.77. The van der Waals surface area contributed by atoms with Crippen LogP contribution in [0.5, 0.6) is 5.75 Å². The van der Waals surface area contributed by atoms with Gasteiger partial charge in [-0.3, -0.25) is 4.79 Å². The van der Waals surface area contributed by atoms with Crippen molar-refractivity contribution < 1.29 is 9.53 Å². The first kappa shape index (κ1) is 25.7. The van der Waals surface area contributed by atoms with Crippen molar-refractivity contribution in [3.8, 4) is 5.75 Å². The van der Waals surface area contributed by atoms with Crippen molar-refractivity contribution in [3.63, 3.8) is 0 Å². The Morgan fingerprint density at radius 3 is 2.56 bits per heavy atom. The number of hydrazone groups is 1. The number of rotatable bonds is 9. The highest BCUT2D eigenvalue weighted by Gasteiger charge is 2.15. The minimum Gasteiger partial charge on any atom is -0.492 e. The number of nitrogens with one attached hydrogen (secondary N) is 1. The summed E-state index contributed by atoms with van der Waals surface area (Å²) in [6.07, 6.45) is 4.73. The van der Waals surface area contributed by atoms with Crippen molar-refractivity contribution in [2.45, 2.75) is 45.6 Å². The van der Waals surface area contributed by atoms with E-state index in [1.807, 2.05) is 36.4 Å².